The molecule has 5 nitrogen and oxygen atoms in total. The number of halogens is 2. The van der Waals surface area contributed by atoms with Gasteiger partial charge in [-0.05, 0) is 30.5 Å². The standard InChI is InChI=1S/C13H14F2N4O/c1-20-11-5-4-10(19-12(11)17-13(16)18-19)7-2-3-8(14)9(15)6-7/h2-3,6,10-11H,4-5H2,1H3,(H2,16,18). The highest BCUT2D eigenvalue weighted by molar-refractivity contribution is 5.26. The summed E-state index contributed by atoms with van der Waals surface area (Å²) in [5, 5.41) is 4.15. The first-order valence-electron chi connectivity index (χ1n) is 6.30. The second-order valence-electron chi connectivity index (χ2n) is 4.76. The summed E-state index contributed by atoms with van der Waals surface area (Å²) in [6.07, 6.45) is 1.24. The highest BCUT2D eigenvalue weighted by atomic mass is 19.2. The molecule has 106 valence electrons. The van der Waals surface area contributed by atoms with Gasteiger partial charge in [-0.2, -0.15) is 4.98 Å². The number of rotatable bonds is 2. The van der Waals surface area contributed by atoms with E-state index in [0.717, 1.165) is 12.5 Å². The van der Waals surface area contributed by atoms with Crippen molar-refractivity contribution in [3.8, 4) is 0 Å². The Kier molecular flexibility index (Phi) is 3.13. The van der Waals surface area contributed by atoms with E-state index in [4.69, 9.17) is 10.5 Å². The fourth-order valence-corrected chi connectivity index (χ4v) is 2.61. The predicted octanol–water partition coefficient (Wildman–Crippen LogP) is 2.21. The molecule has 0 bridgehead atoms. The van der Waals surface area contributed by atoms with Crippen LogP contribution < -0.4 is 5.73 Å². The molecule has 2 unspecified atom stereocenters. The van der Waals surface area contributed by atoms with Crippen molar-refractivity contribution in [2.24, 2.45) is 0 Å². The molecular formula is C13H14F2N4O. The van der Waals surface area contributed by atoms with Gasteiger partial charge in [-0.15, -0.1) is 5.10 Å². The van der Waals surface area contributed by atoms with Gasteiger partial charge in [-0.1, -0.05) is 6.07 Å². The predicted molar refractivity (Wildman–Crippen MR) is 67.9 cm³/mol. The van der Waals surface area contributed by atoms with Crippen molar-refractivity contribution in [3.05, 3.63) is 41.2 Å². The van der Waals surface area contributed by atoms with Crippen LogP contribution in [0.4, 0.5) is 14.7 Å². The maximum Gasteiger partial charge on any atom is 0.239 e. The number of nitrogen functional groups attached to an aromatic ring is 1. The molecule has 1 aromatic carbocycles. The number of fused-ring (bicyclic) bond motifs is 1. The molecular weight excluding hydrogens is 266 g/mol. The first-order valence-corrected chi connectivity index (χ1v) is 6.30. The summed E-state index contributed by atoms with van der Waals surface area (Å²) in [7, 11) is 1.60. The van der Waals surface area contributed by atoms with E-state index in [9.17, 15) is 8.78 Å². The number of hydrogen-bond acceptors (Lipinski definition) is 4. The number of nitrogens with two attached hydrogens (primary N) is 1. The zero-order chi connectivity index (χ0) is 14.3. The summed E-state index contributed by atoms with van der Waals surface area (Å²) >= 11 is 0. The third kappa shape index (κ3) is 2.03. The maximum atomic E-state index is 13.4. The van der Waals surface area contributed by atoms with Crippen molar-refractivity contribution >= 4 is 5.95 Å². The molecule has 0 radical (unpaired) electrons. The average Bonchev–Trinajstić information content (AvgIpc) is 2.82. The van der Waals surface area contributed by atoms with E-state index >= 15 is 0 Å². The third-order valence-corrected chi connectivity index (χ3v) is 3.57. The van der Waals surface area contributed by atoms with Gasteiger partial charge in [0, 0.05) is 7.11 Å². The molecule has 1 aromatic heterocycles. The number of anilines is 1. The van der Waals surface area contributed by atoms with Gasteiger partial charge in [0.15, 0.2) is 17.5 Å². The first kappa shape index (κ1) is 13.0. The van der Waals surface area contributed by atoms with E-state index in [2.05, 4.69) is 10.1 Å². The van der Waals surface area contributed by atoms with Crippen LogP contribution in [0.3, 0.4) is 0 Å². The number of benzene rings is 1. The highest BCUT2D eigenvalue weighted by Gasteiger charge is 2.31. The maximum absolute atomic E-state index is 13.4. The Morgan fingerprint density at radius 3 is 2.80 bits per heavy atom. The molecule has 2 atom stereocenters. The van der Waals surface area contributed by atoms with Crippen LogP contribution in [0, 0.1) is 11.6 Å². The molecule has 2 N–H and O–H groups in total. The summed E-state index contributed by atoms with van der Waals surface area (Å²) < 4.78 is 33.4. The van der Waals surface area contributed by atoms with E-state index in [1.807, 2.05) is 0 Å². The van der Waals surface area contributed by atoms with Gasteiger partial charge in [0.25, 0.3) is 0 Å². The second kappa shape index (κ2) is 4.82. The zero-order valence-corrected chi connectivity index (χ0v) is 10.9. The quantitative estimate of drug-likeness (QED) is 0.916. The summed E-state index contributed by atoms with van der Waals surface area (Å²) in [4.78, 5) is 4.16. The molecule has 1 aliphatic heterocycles. The molecule has 0 saturated carbocycles. The third-order valence-electron chi connectivity index (χ3n) is 3.57. The minimum atomic E-state index is -0.869. The van der Waals surface area contributed by atoms with E-state index in [0.29, 0.717) is 17.8 Å². The van der Waals surface area contributed by atoms with Gasteiger partial charge in [-0.3, -0.25) is 0 Å². The molecule has 1 aliphatic rings. The molecule has 0 spiro atoms. The van der Waals surface area contributed by atoms with Crippen molar-refractivity contribution in [3.63, 3.8) is 0 Å². The Labute approximate surface area is 114 Å². The van der Waals surface area contributed by atoms with Crippen LogP contribution in [0.2, 0.25) is 0 Å². The number of methoxy groups -OCH3 is 1. The van der Waals surface area contributed by atoms with Crippen molar-refractivity contribution in [2.75, 3.05) is 12.8 Å². The Bertz CT molecular complexity index is 643. The van der Waals surface area contributed by atoms with Gasteiger partial charge in [-0.25, -0.2) is 13.5 Å². The highest BCUT2D eigenvalue weighted by Crippen LogP contribution is 2.36. The van der Waals surface area contributed by atoms with Crippen LogP contribution in [0.15, 0.2) is 18.2 Å². The first-order chi connectivity index (χ1) is 9.60. The normalized spacial score (nSPS) is 21.8. The van der Waals surface area contributed by atoms with E-state index in [-0.39, 0.29) is 18.1 Å². The molecule has 0 saturated heterocycles. The number of aromatic nitrogens is 3. The van der Waals surface area contributed by atoms with Gasteiger partial charge >= 0.3 is 0 Å². The molecule has 2 aromatic rings. The lowest BCUT2D eigenvalue weighted by Gasteiger charge is -2.28. The SMILES string of the molecule is COC1CCC(c2ccc(F)c(F)c2)n2nc(N)nc21. The Hall–Kier alpha value is -2.02. The number of hydrogen-bond donors (Lipinski definition) is 1. The Morgan fingerprint density at radius 1 is 1.30 bits per heavy atom. The monoisotopic (exact) mass is 280 g/mol. The number of nitrogens with zero attached hydrogens (tertiary/aromatic N) is 3. The topological polar surface area (TPSA) is 66.0 Å². The lowest BCUT2D eigenvalue weighted by molar-refractivity contribution is 0.0648. The smallest absolute Gasteiger partial charge is 0.239 e. The van der Waals surface area contributed by atoms with Crippen LogP contribution in [0.25, 0.3) is 0 Å². The molecule has 3 rings (SSSR count). The fraction of sp³-hybridized carbons (Fsp3) is 0.385. The van der Waals surface area contributed by atoms with E-state index < -0.39 is 11.6 Å². The minimum Gasteiger partial charge on any atom is -0.373 e. The summed E-state index contributed by atoms with van der Waals surface area (Å²) in [6, 6.07) is 3.65. The largest absolute Gasteiger partial charge is 0.373 e. The lowest BCUT2D eigenvalue weighted by atomic mass is 9.96. The summed E-state index contributed by atoms with van der Waals surface area (Å²) in [6.45, 7) is 0. The van der Waals surface area contributed by atoms with Crippen LogP contribution in [0.5, 0.6) is 0 Å². The van der Waals surface area contributed by atoms with Gasteiger partial charge < -0.3 is 10.5 Å². The van der Waals surface area contributed by atoms with Crippen molar-refractivity contribution in [2.45, 2.75) is 25.0 Å². The van der Waals surface area contributed by atoms with Gasteiger partial charge in [0.05, 0.1) is 6.04 Å². The molecule has 0 fully saturated rings. The van der Waals surface area contributed by atoms with E-state index in [1.165, 1.54) is 6.07 Å². The molecule has 20 heavy (non-hydrogen) atoms. The van der Waals surface area contributed by atoms with Crippen molar-refractivity contribution in [1.82, 2.24) is 14.8 Å². The van der Waals surface area contributed by atoms with Gasteiger partial charge in [0.1, 0.15) is 6.10 Å². The molecule has 0 amide bonds. The zero-order valence-electron chi connectivity index (χ0n) is 10.9. The molecule has 2 heterocycles. The lowest BCUT2D eigenvalue weighted by Crippen LogP contribution is -2.24. The second-order valence-corrected chi connectivity index (χ2v) is 4.76. The van der Waals surface area contributed by atoms with Crippen LogP contribution in [-0.4, -0.2) is 21.9 Å². The Balaban J connectivity index is 2.04. The van der Waals surface area contributed by atoms with Crippen LogP contribution in [-0.2, 0) is 4.74 Å². The summed E-state index contributed by atoms with van der Waals surface area (Å²) in [5.41, 5.74) is 6.28. The van der Waals surface area contributed by atoms with Crippen LogP contribution >= 0.6 is 0 Å². The molecule has 0 aliphatic carbocycles. The van der Waals surface area contributed by atoms with Crippen molar-refractivity contribution < 1.29 is 13.5 Å². The molecule has 7 heteroatoms. The van der Waals surface area contributed by atoms with E-state index in [1.54, 1.807) is 17.9 Å². The van der Waals surface area contributed by atoms with Gasteiger partial charge in [0.2, 0.25) is 5.95 Å². The van der Waals surface area contributed by atoms with Crippen molar-refractivity contribution in [1.29, 1.82) is 0 Å². The fourth-order valence-electron chi connectivity index (χ4n) is 2.61. The summed E-state index contributed by atoms with van der Waals surface area (Å²) in [5.74, 6) is -0.967. The number of ether oxygens (including phenoxy) is 1. The minimum absolute atomic E-state index is 0.150. The Morgan fingerprint density at radius 2 is 2.10 bits per heavy atom. The average molecular weight is 280 g/mol. The van der Waals surface area contributed by atoms with Crippen LogP contribution in [0.1, 0.15) is 36.4 Å².